The van der Waals surface area contributed by atoms with Gasteiger partial charge in [-0.1, -0.05) is 24.3 Å². The van der Waals surface area contributed by atoms with Crippen molar-refractivity contribution in [2.24, 2.45) is 0 Å². The molecule has 0 spiro atoms. The van der Waals surface area contributed by atoms with Crippen LogP contribution in [0.1, 0.15) is 12.7 Å². The third-order valence-corrected chi connectivity index (χ3v) is 2.31. The number of oxazole rings is 1. The lowest BCUT2D eigenvalue weighted by molar-refractivity contribution is 0.343. The Morgan fingerprint density at radius 2 is 2.12 bits per heavy atom. The second kappa shape index (κ2) is 4.77. The Bertz CT molecular complexity index is 486. The maximum atomic E-state index is 8.78. The van der Waals surface area contributed by atoms with Crippen LogP contribution < -0.4 is 0 Å². The summed E-state index contributed by atoms with van der Waals surface area (Å²) in [7, 11) is 0. The van der Waals surface area contributed by atoms with Crippen LogP contribution in [0.5, 0.6) is 0 Å². The Balaban J connectivity index is 2.30. The zero-order valence-electron chi connectivity index (χ0n) is 9.05. The van der Waals surface area contributed by atoms with E-state index < -0.39 is 0 Å². The van der Waals surface area contributed by atoms with Gasteiger partial charge in [0.1, 0.15) is 0 Å². The molecule has 3 nitrogen and oxygen atoms in total. The molecule has 1 aromatic carbocycles. The van der Waals surface area contributed by atoms with E-state index in [9.17, 15) is 0 Å². The molecule has 0 aliphatic heterocycles. The highest BCUT2D eigenvalue weighted by molar-refractivity contribution is 5.61. The Kier molecular flexibility index (Phi) is 3.17. The SMILES string of the molecule is C/C(=C/CO)c1cnc(-c2ccccc2)o1. The first-order valence-corrected chi connectivity index (χ1v) is 5.10. The minimum absolute atomic E-state index is 0.00715. The molecule has 2 aromatic rings. The zero-order chi connectivity index (χ0) is 11.4. The molecule has 1 N–H and O–H groups in total. The van der Waals surface area contributed by atoms with Crippen molar-refractivity contribution in [2.45, 2.75) is 6.92 Å². The van der Waals surface area contributed by atoms with Crippen LogP contribution in [0.25, 0.3) is 17.0 Å². The van der Waals surface area contributed by atoms with Gasteiger partial charge in [0.25, 0.3) is 0 Å². The average molecular weight is 215 g/mol. The van der Waals surface area contributed by atoms with Crippen LogP contribution in [0, 0.1) is 0 Å². The second-order valence-electron chi connectivity index (χ2n) is 3.47. The van der Waals surface area contributed by atoms with Crippen LogP contribution >= 0.6 is 0 Å². The summed E-state index contributed by atoms with van der Waals surface area (Å²) < 4.78 is 5.59. The number of hydrogen-bond acceptors (Lipinski definition) is 3. The Morgan fingerprint density at radius 3 is 2.81 bits per heavy atom. The van der Waals surface area contributed by atoms with Gasteiger partial charge in [-0.15, -0.1) is 0 Å². The minimum atomic E-state index is 0.00715. The molecule has 0 aliphatic rings. The number of benzene rings is 1. The third kappa shape index (κ3) is 2.20. The highest BCUT2D eigenvalue weighted by Gasteiger charge is 2.06. The summed E-state index contributed by atoms with van der Waals surface area (Å²) in [5, 5.41) is 8.78. The van der Waals surface area contributed by atoms with Gasteiger partial charge in [0.15, 0.2) is 5.76 Å². The summed E-state index contributed by atoms with van der Waals surface area (Å²) in [6.07, 6.45) is 3.36. The number of hydrogen-bond donors (Lipinski definition) is 1. The average Bonchev–Trinajstić information content (AvgIpc) is 2.80. The number of aliphatic hydroxyl groups is 1. The topological polar surface area (TPSA) is 46.3 Å². The summed E-state index contributed by atoms with van der Waals surface area (Å²) in [5.74, 6) is 1.29. The van der Waals surface area contributed by atoms with E-state index in [1.807, 2.05) is 37.3 Å². The van der Waals surface area contributed by atoms with Gasteiger partial charge in [-0.25, -0.2) is 4.98 Å². The molecule has 0 atom stereocenters. The maximum absolute atomic E-state index is 8.78. The van der Waals surface area contributed by atoms with Gasteiger partial charge in [0.05, 0.1) is 12.8 Å². The number of aliphatic hydroxyl groups excluding tert-OH is 1. The monoisotopic (exact) mass is 215 g/mol. The summed E-state index contributed by atoms with van der Waals surface area (Å²) >= 11 is 0. The fraction of sp³-hybridized carbons (Fsp3) is 0.154. The first kappa shape index (κ1) is 10.6. The van der Waals surface area contributed by atoms with E-state index >= 15 is 0 Å². The fourth-order valence-electron chi connectivity index (χ4n) is 1.41. The molecule has 0 saturated carbocycles. The Hall–Kier alpha value is -1.87. The zero-order valence-corrected chi connectivity index (χ0v) is 9.05. The van der Waals surface area contributed by atoms with Gasteiger partial charge >= 0.3 is 0 Å². The third-order valence-electron chi connectivity index (χ3n) is 2.31. The molecule has 0 aliphatic carbocycles. The number of allylic oxidation sites excluding steroid dienone is 1. The first-order chi connectivity index (χ1) is 7.81. The molecule has 1 heterocycles. The summed E-state index contributed by atoms with van der Waals surface area (Å²) in [4.78, 5) is 4.20. The molecule has 1 aromatic heterocycles. The van der Waals surface area contributed by atoms with Crippen LogP contribution in [0.4, 0.5) is 0 Å². The Morgan fingerprint density at radius 1 is 1.38 bits per heavy atom. The van der Waals surface area contributed by atoms with Gasteiger partial charge in [-0.2, -0.15) is 0 Å². The van der Waals surface area contributed by atoms with Crippen molar-refractivity contribution in [1.29, 1.82) is 0 Å². The summed E-state index contributed by atoms with van der Waals surface area (Å²) in [6.45, 7) is 1.89. The van der Waals surface area contributed by atoms with Crippen molar-refractivity contribution >= 4 is 5.57 Å². The van der Waals surface area contributed by atoms with E-state index in [1.54, 1.807) is 12.3 Å². The van der Waals surface area contributed by atoms with Crippen LogP contribution in [-0.4, -0.2) is 16.7 Å². The number of rotatable bonds is 3. The van der Waals surface area contributed by atoms with Gasteiger partial charge in [0.2, 0.25) is 5.89 Å². The lowest BCUT2D eigenvalue weighted by Gasteiger charge is -1.95. The van der Waals surface area contributed by atoms with E-state index in [2.05, 4.69) is 4.98 Å². The van der Waals surface area contributed by atoms with E-state index in [-0.39, 0.29) is 6.61 Å². The largest absolute Gasteiger partial charge is 0.437 e. The highest BCUT2D eigenvalue weighted by atomic mass is 16.4. The molecule has 3 heteroatoms. The number of nitrogens with zero attached hydrogens (tertiary/aromatic N) is 1. The van der Waals surface area contributed by atoms with E-state index in [4.69, 9.17) is 9.52 Å². The molecular formula is C13H13NO2. The van der Waals surface area contributed by atoms with Crippen molar-refractivity contribution in [1.82, 2.24) is 4.98 Å². The molecule has 0 amide bonds. The highest BCUT2D eigenvalue weighted by Crippen LogP contribution is 2.22. The molecule has 0 unspecified atom stereocenters. The minimum Gasteiger partial charge on any atom is -0.437 e. The van der Waals surface area contributed by atoms with Crippen LogP contribution in [0.15, 0.2) is 47.0 Å². The molecule has 0 radical (unpaired) electrons. The maximum Gasteiger partial charge on any atom is 0.226 e. The van der Waals surface area contributed by atoms with Crippen LogP contribution in [0.3, 0.4) is 0 Å². The molecule has 0 saturated heterocycles. The normalized spacial score (nSPS) is 11.8. The van der Waals surface area contributed by atoms with Crippen molar-refractivity contribution < 1.29 is 9.52 Å². The first-order valence-electron chi connectivity index (χ1n) is 5.10. The molecule has 0 fully saturated rings. The quantitative estimate of drug-likeness (QED) is 0.856. The molecule has 82 valence electrons. The van der Waals surface area contributed by atoms with Gasteiger partial charge in [-0.3, -0.25) is 0 Å². The van der Waals surface area contributed by atoms with Crippen molar-refractivity contribution in [3.05, 3.63) is 48.4 Å². The van der Waals surface area contributed by atoms with Crippen molar-refractivity contribution in [3.63, 3.8) is 0 Å². The van der Waals surface area contributed by atoms with Gasteiger partial charge in [0, 0.05) is 5.56 Å². The molecular weight excluding hydrogens is 202 g/mol. The second-order valence-corrected chi connectivity index (χ2v) is 3.47. The lowest BCUT2D eigenvalue weighted by atomic mass is 10.2. The molecule has 2 rings (SSSR count). The van der Waals surface area contributed by atoms with Gasteiger partial charge in [-0.05, 0) is 24.6 Å². The summed E-state index contributed by atoms with van der Waals surface area (Å²) in [5.41, 5.74) is 1.84. The van der Waals surface area contributed by atoms with Crippen LogP contribution in [-0.2, 0) is 0 Å². The fourth-order valence-corrected chi connectivity index (χ4v) is 1.41. The standard InChI is InChI=1S/C13H13NO2/c1-10(7-8-15)12-9-14-13(16-12)11-5-3-2-4-6-11/h2-7,9,15H,8H2,1H3/b10-7-. The van der Waals surface area contributed by atoms with E-state index in [1.165, 1.54) is 0 Å². The predicted octanol–water partition coefficient (Wildman–Crippen LogP) is 2.74. The molecule has 16 heavy (non-hydrogen) atoms. The van der Waals surface area contributed by atoms with Crippen molar-refractivity contribution in [3.8, 4) is 11.5 Å². The molecule has 0 bridgehead atoms. The van der Waals surface area contributed by atoms with E-state index in [0.717, 1.165) is 11.1 Å². The predicted molar refractivity (Wildman–Crippen MR) is 62.7 cm³/mol. The smallest absolute Gasteiger partial charge is 0.226 e. The van der Waals surface area contributed by atoms with Crippen molar-refractivity contribution in [2.75, 3.05) is 6.61 Å². The van der Waals surface area contributed by atoms with Crippen LogP contribution in [0.2, 0.25) is 0 Å². The van der Waals surface area contributed by atoms with E-state index in [0.29, 0.717) is 11.7 Å². The lowest BCUT2D eigenvalue weighted by Crippen LogP contribution is -1.78. The Labute approximate surface area is 94.1 Å². The number of aromatic nitrogens is 1. The van der Waals surface area contributed by atoms with Gasteiger partial charge < -0.3 is 9.52 Å². The summed E-state index contributed by atoms with van der Waals surface area (Å²) in [6, 6.07) is 9.72.